The minimum Gasteiger partial charge on any atom is -0.497 e. The van der Waals surface area contributed by atoms with E-state index in [-0.39, 0.29) is 0 Å². The maximum Gasteiger partial charge on any atom is 0.120 e. The molecule has 0 aliphatic rings. The van der Waals surface area contributed by atoms with E-state index in [1.165, 1.54) is 5.56 Å². The molecule has 0 saturated heterocycles. The summed E-state index contributed by atoms with van der Waals surface area (Å²) in [4.78, 5) is 0. The lowest BCUT2D eigenvalue weighted by molar-refractivity contribution is 0.415. The van der Waals surface area contributed by atoms with Gasteiger partial charge in [0.25, 0.3) is 0 Å². The van der Waals surface area contributed by atoms with Crippen molar-refractivity contribution in [2.45, 2.75) is 6.54 Å². The molecule has 2 aromatic carbocycles. The maximum atomic E-state index is 5.63. The van der Waals surface area contributed by atoms with Crippen LogP contribution in [0.15, 0.2) is 48.5 Å². The largest absolute Gasteiger partial charge is 0.497 e. The first kappa shape index (κ1) is 11.3. The molecule has 2 aromatic rings. The maximum absolute atomic E-state index is 5.63. The van der Waals surface area contributed by atoms with Gasteiger partial charge in [0, 0.05) is 24.0 Å². The minimum atomic E-state index is 0.771. The number of ether oxygens (including phenoxy) is 1. The Bertz CT molecular complexity index is 480. The highest BCUT2D eigenvalue weighted by molar-refractivity contribution is 5.49. The number of benzene rings is 2. The number of anilines is 2. The molecule has 0 atom stereocenters. The van der Waals surface area contributed by atoms with Crippen molar-refractivity contribution in [3.63, 3.8) is 0 Å². The Morgan fingerprint density at radius 1 is 1.12 bits per heavy atom. The van der Waals surface area contributed by atoms with Crippen LogP contribution in [-0.4, -0.2) is 7.11 Å². The second kappa shape index (κ2) is 5.25. The van der Waals surface area contributed by atoms with Crippen LogP contribution >= 0.6 is 0 Å². The van der Waals surface area contributed by atoms with Gasteiger partial charge in [-0.15, -0.1) is 0 Å². The van der Waals surface area contributed by atoms with Gasteiger partial charge in [-0.05, 0) is 29.8 Å². The zero-order valence-electron chi connectivity index (χ0n) is 9.81. The molecule has 0 aliphatic carbocycles. The molecule has 0 heterocycles. The predicted octanol–water partition coefficient (Wildman–Crippen LogP) is 2.89. The molecule has 0 aromatic heterocycles. The highest BCUT2D eigenvalue weighted by Crippen LogP contribution is 2.17. The zero-order valence-corrected chi connectivity index (χ0v) is 9.81. The minimum absolute atomic E-state index is 0.771. The summed E-state index contributed by atoms with van der Waals surface area (Å²) in [5, 5.41) is 3.33. The molecule has 0 amide bonds. The molecule has 17 heavy (non-hydrogen) atoms. The molecule has 3 heteroatoms. The van der Waals surface area contributed by atoms with E-state index in [0.717, 1.165) is 23.7 Å². The van der Waals surface area contributed by atoms with E-state index in [4.69, 9.17) is 10.5 Å². The summed E-state index contributed by atoms with van der Waals surface area (Å²) in [7, 11) is 1.67. The molecule has 3 N–H and O–H groups in total. The lowest BCUT2D eigenvalue weighted by atomic mass is 10.2. The van der Waals surface area contributed by atoms with Crippen molar-refractivity contribution in [1.82, 2.24) is 0 Å². The second-order valence-corrected chi connectivity index (χ2v) is 3.83. The number of hydrogen-bond acceptors (Lipinski definition) is 3. The van der Waals surface area contributed by atoms with Crippen molar-refractivity contribution >= 4 is 11.4 Å². The van der Waals surface area contributed by atoms with Gasteiger partial charge in [-0.2, -0.15) is 0 Å². The molecule has 3 nitrogen and oxygen atoms in total. The smallest absolute Gasteiger partial charge is 0.120 e. The van der Waals surface area contributed by atoms with E-state index in [1.54, 1.807) is 7.11 Å². The van der Waals surface area contributed by atoms with Crippen molar-refractivity contribution in [1.29, 1.82) is 0 Å². The van der Waals surface area contributed by atoms with E-state index in [2.05, 4.69) is 5.32 Å². The van der Waals surface area contributed by atoms with Crippen LogP contribution in [0.3, 0.4) is 0 Å². The van der Waals surface area contributed by atoms with Gasteiger partial charge in [-0.25, -0.2) is 0 Å². The molecule has 0 unspecified atom stereocenters. The van der Waals surface area contributed by atoms with Gasteiger partial charge in [0.05, 0.1) is 7.11 Å². The van der Waals surface area contributed by atoms with Gasteiger partial charge in [-0.3, -0.25) is 0 Å². The molecule has 2 rings (SSSR count). The number of nitrogen functional groups attached to an aromatic ring is 1. The van der Waals surface area contributed by atoms with Crippen LogP contribution in [0.1, 0.15) is 5.56 Å². The van der Waals surface area contributed by atoms with E-state index >= 15 is 0 Å². The summed E-state index contributed by atoms with van der Waals surface area (Å²) < 4.78 is 5.17. The first-order chi connectivity index (χ1) is 8.28. The molecular weight excluding hydrogens is 212 g/mol. The average Bonchev–Trinajstić information content (AvgIpc) is 2.38. The summed E-state index contributed by atoms with van der Waals surface area (Å²) in [6, 6.07) is 15.7. The van der Waals surface area contributed by atoms with E-state index in [9.17, 15) is 0 Å². The summed E-state index contributed by atoms with van der Waals surface area (Å²) in [5.41, 5.74) is 8.66. The lowest BCUT2D eigenvalue weighted by Crippen LogP contribution is -1.99. The number of nitrogens with one attached hydrogen (secondary N) is 1. The number of nitrogens with two attached hydrogens (primary N) is 1. The Hall–Kier alpha value is -2.16. The van der Waals surface area contributed by atoms with Crippen molar-refractivity contribution < 1.29 is 4.74 Å². The van der Waals surface area contributed by atoms with Crippen LogP contribution in [-0.2, 0) is 6.54 Å². The second-order valence-electron chi connectivity index (χ2n) is 3.83. The Morgan fingerprint density at radius 3 is 2.59 bits per heavy atom. The van der Waals surface area contributed by atoms with E-state index in [1.807, 2.05) is 48.5 Å². The Kier molecular flexibility index (Phi) is 3.50. The summed E-state index contributed by atoms with van der Waals surface area (Å²) >= 11 is 0. The van der Waals surface area contributed by atoms with Gasteiger partial charge < -0.3 is 15.8 Å². The molecular formula is C14H16N2O. The van der Waals surface area contributed by atoms with Crippen LogP contribution in [0.25, 0.3) is 0 Å². The quantitative estimate of drug-likeness (QED) is 0.791. The van der Waals surface area contributed by atoms with Crippen molar-refractivity contribution in [3.8, 4) is 5.75 Å². The van der Waals surface area contributed by atoms with Crippen molar-refractivity contribution in [3.05, 3.63) is 54.1 Å². The zero-order chi connectivity index (χ0) is 12.1. The van der Waals surface area contributed by atoms with E-state index in [0.29, 0.717) is 0 Å². The van der Waals surface area contributed by atoms with E-state index < -0.39 is 0 Å². The Morgan fingerprint density at radius 2 is 1.88 bits per heavy atom. The topological polar surface area (TPSA) is 47.3 Å². The standard InChI is InChI=1S/C14H16N2O/c1-17-14-4-2-3-13(9-14)16-10-11-5-7-12(15)8-6-11/h2-9,16H,10,15H2,1H3. The fraction of sp³-hybridized carbons (Fsp3) is 0.143. The molecule has 0 aliphatic heterocycles. The van der Waals surface area contributed by atoms with Gasteiger partial charge in [-0.1, -0.05) is 18.2 Å². The van der Waals surface area contributed by atoms with Crippen LogP contribution in [0.2, 0.25) is 0 Å². The van der Waals surface area contributed by atoms with Crippen LogP contribution in [0.4, 0.5) is 11.4 Å². The molecule has 0 saturated carbocycles. The van der Waals surface area contributed by atoms with Gasteiger partial charge in [0.15, 0.2) is 0 Å². The fourth-order valence-corrected chi connectivity index (χ4v) is 1.57. The molecule has 0 radical (unpaired) electrons. The number of rotatable bonds is 4. The Balaban J connectivity index is 1.99. The first-order valence-electron chi connectivity index (χ1n) is 5.50. The lowest BCUT2D eigenvalue weighted by Gasteiger charge is -2.08. The fourth-order valence-electron chi connectivity index (χ4n) is 1.57. The van der Waals surface area contributed by atoms with Crippen LogP contribution in [0.5, 0.6) is 5.75 Å². The van der Waals surface area contributed by atoms with Crippen molar-refractivity contribution in [2.24, 2.45) is 0 Å². The highest BCUT2D eigenvalue weighted by Gasteiger charge is 1.96. The summed E-state index contributed by atoms with van der Waals surface area (Å²) in [5.74, 6) is 0.854. The monoisotopic (exact) mass is 228 g/mol. The van der Waals surface area contributed by atoms with Crippen molar-refractivity contribution in [2.75, 3.05) is 18.2 Å². The summed E-state index contributed by atoms with van der Waals surface area (Å²) in [6.07, 6.45) is 0. The third-order valence-electron chi connectivity index (χ3n) is 2.55. The number of hydrogen-bond donors (Lipinski definition) is 2. The number of methoxy groups -OCH3 is 1. The first-order valence-corrected chi connectivity index (χ1v) is 5.50. The predicted molar refractivity (Wildman–Crippen MR) is 71.2 cm³/mol. The summed E-state index contributed by atoms with van der Waals surface area (Å²) in [6.45, 7) is 0.771. The molecule has 88 valence electrons. The van der Waals surface area contributed by atoms with Gasteiger partial charge in [0.1, 0.15) is 5.75 Å². The van der Waals surface area contributed by atoms with Crippen LogP contribution < -0.4 is 15.8 Å². The third kappa shape index (κ3) is 3.14. The van der Waals surface area contributed by atoms with Crippen LogP contribution in [0, 0.1) is 0 Å². The van der Waals surface area contributed by atoms with Gasteiger partial charge in [0.2, 0.25) is 0 Å². The SMILES string of the molecule is COc1cccc(NCc2ccc(N)cc2)c1. The Labute approximate surface area is 101 Å². The third-order valence-corrected chi connectivity index (χ3v) is 2.55. The average molecular weight is 228 g/mol. The van der Waals surface area contributed by atoms with Gasteiger partial charge >= 0.3 is 0 Å². The normalized spacial score (nSPS) is 9.94. The molecule has 0 bridgehead atoms. The highest BCUT2D eigenvalue weighted by atomic mass is 16.5. The molecule has 0 fully saturated rings. The molecule has 0 spiro atoms.